The van der Waals surface area contributed by atoms with Crippen molar-refractivity contribution in [3.05, 3.63) is 100.0 Å². The summed E-state index contributed by atoms with van der Waals surface area (Å²) >= 11 is 6.44. The zero-order valence-electron chi connectivity index (χ0n) is 20.9. The van der Waals surface area contributed by atoms with Gasteiger partial charge >= 0.3 is 12.4 Å². The van der Waals surface area contributed by atoms with Crippen LogP contribution in [0.4, 0.5) is 26.3 Å². The molecule has 4 aromatic rings. The van der Waals surface area contributed by atoms with E-state index in [0.717, 1.165) is 5.56 Å². The summed E-state index contributed by atoms with van der Waals surface area (Å²) in [7, 11) is 0. The van der Waals surface area contributed by atoms with E-state index in [1.54, 1.807) is 18.2 Å². The number of halogens is 7. The summed E-state index contributed by atoms with van der Waals surface area (Å²) in [5.74, 6) is 0.491. The minimum Gasteiger partial charge on any atom is -0.346 e. The summed E-state index contributed by atoms with van der Waals surface area (Å²) in [4.78, 5) is 10.6. The highest BCUT2D eigenvalue weighted by Crippen LogP contribution is 2.37. The lowest BCUT2D eigenvalue weighted by Crippen LogP contribution is -2.32. The molecule has 1 aliphatic rings. The van der Waals surface area contributed by atoms with Gasteiger partial charge in [-0.3, -0.25) is 9.98 Å². The molecule has 0 N–H and O–H groups in total. The first-order valence-electron chi connectivity index (χ1n) is 12.1. The number of alkyl halides is 6. The summed E-state index contributed by atoms with van der Waals surface area (Å²) in [6.07, 6.45) is -6.90. The maximum Gasteiger partial charge on any atom is 0.416 e. The van der Waals surface area contributed by atoms with Gasteiger partial charge in [0.25, 0.3) is 0 Å². The van der Waals surface area contributed by atoms with Crippen molar-refractivity contribution in [3.63, 3.8) is 0 Å². The molecule has 3 heterocycles. The number of hydrogen-bond acceptors (Lipinski definition) is 5. The molecule has 1 aliphatic heterocycles. The van der Waals surface area contributed by atoms with Crippen LogP contribution in [0.1, 0.15) is 40.9 Å². The SMILES string of the molecule is CC(c1ccccc1Cl)N1CCN=C1c1nnn(Cc2cc(C(F)(F)F)cc(C(F)(F)F)c2)c1-c1ccncc1. The van der Waals surface area contributed by atoms with Gasteiger partial charge in [0.05, 0.1) is 30.3 Å². The van der Waals surface area contributed by atoms with Gasteiger partial charge in [-0.1, -0.05) is 35.0 Å². The number of aromatic nitrogens is 4. The van der Waals surface area contributed by atoms with Crippen molar-refractivity contribution in [1.29, 1.82) is 0 Å². The quantitative estimate of drug-likeness (QED) is 0.234. The Bertz CT molecular complexity index is 1520. The lowest BCUT2D eigenvalue weighted by atomic mass is 10.0. The summed E-state index contributed by atoms with van der Waals surface area (Å²) in [6, 6.07) is 11.9. The fourth-order valence-corrected chi connectivity index (χ4v) is 4.98. The normalized spacial score (nSPS) is 14.9. The van der Waals surface area contributed by atoms with E-state index in [2.05, 4.69) is 20.3 Å². The molecule has 208 valence electrons. The van der Waals surface area contributed by atoms with E-state index in [0.29, 0.717) is 53.0 Å². The van der Waals surface area contributed by atoms with Crippen LogP contribution in [0, 0.1) is 0 Å². The zero-order valence-corrected chi connectivity index (χ0v) is 21.6. The Kier molecular flexibility index (Phi) is 7.30. The van der Waals surface area contributed by atoms with Crippen molar-refractivity contribution < 1.29 is 26.3 Å². The Morgan fingerprint density at radius 1 is 0.925 bits per heavy atom. The van der Waals surface area contributed by atoms with Gasteiger partial charge < -0.3 is 4.90 Å². The third kappa shape index (κ3) is 5.53. The predicted octanol–water partition coefficient (Wildman–Crippen LogP) is 6.90. The van der Waals surface area contributed by atoms with Crippen LogP contribution in [0.15, 0.2) is 72.0 Å². The van der Waals surface area contributed by atoms with Crippen LogP contribution in [-0.4, -0.2) is 43.8 Å². The highest BCUT2D eigenvalue weighted by atomic mass is 35.5. The topological polar surface area (TPSA) is 59.2 Å². The van der Waals surface area contributed by atoms with Crippen LogP contribution in [0.5, 0.6) is 0 Å². The molecular weight excluding hydrogens is 558 g/mol. The first-order chi connectivity index (χ1) is 18.9. The van der Waals surface area contributed by atoms with Crippen LogP contribution < -0.4 is 0 Å². The van der Waals surface area contributed by atoms with Gasteiger partial charge in [0.15, 0.2) is 11.5 Å². The Morgan fingerprint density at radius 2 is 1.57 bits per heavy atom. The van der Waals surface area contributed by atoms with Crippen molar-refractivity contribution in [3.8, 4) is 11.3 Å². The third-order valence-corrected chi connectivity index (χ3v) is 6.92. The van der Waals surface area contributed by atoms with Gasteiger partial charge in [0.1, 0.15) is 5.69 Å². The van der Waals surface area contributed by atoms with E-state index < -0.39 is 30.0 Å². The zero-order chi connectivity index (χ0) is 28.7. The first-order valence-corrected chi connectivity index (χ1v) is 12.5. The average molecular weight is 579 g/mol. The Hall–Kier alpha value is -3.93. The molecule has 0 spiro atoms. The van der Waals surface area contributed by atoms with E-state index in [-0.39, 0.29) is 17.7 Å². The fourth-order valence-electron chi connectivity index (χ4n) is 4.68. The van der Waals surface area contributed by atoms with Crippen LogP contribution in [-0.2, 0) is 18.9 Å². The molecular formula is C27H21ClF6N6. The molecule has 0 saturated carbocycles. The van der Waals surface area contributed by atoms with E-state index in [4.69, 9.17) is 11.6 Å². The molecule has 2 aromatic heterocycles. The average Bonchev–Trinajstić information content (AvgIpc) is 3.55. The summed E-state index contributed by atoms with van der Waals surface area (Å²) in [6.45, 7) is 2.56. The molecule has 13 heteroatoms. The monoisotopic (exact) mass is 578 g/mol. The smallest absolute Gasteiger partial charge is 0.346 e. The largest absolute Gasteiger partial charge is 0.416 e. The number of rotatable bonds is 6. The van der Waals surface area contributed by atoms with Gasteiger partial charge in [-0.05, 0) is 54.4 Å². The Labute approximate surface area is 229 Å². The number of nitrogens with zero attached hydrogens (tertiary/aromatic N) is 6. The lowest BCUT2D eigenvalue weighted by Gasteiger charge is -2.28. The standard InChI is InChI=1S/C27H21ClF6N6/c1-16(21-4-2-3-5-22(21)28)39-11-10-36-25(39)23-24(18-6-8-35-9-7-18)40(38-37-23)15-17-12-19(26(29,30)31)14-20(13-17)27(32,33)34/h2-9,12-14,16H,10-11,15H2,1H3. The van der Waals surface area contributed by atoms with Gasteiger partial charge in [-0.25, -0.2) is 4.68 Å². The second-order valence-electron chi connectivity index (χ2n) is 9.19. The summed E-state index contributed by atoms with van der Waals surface area (Å²) in [5, 5.41) is 9.03. The van der Waals surface area contributed by atoms with Gasteiger partial charge in [-0.15, -0.1) is 5.10 Å². The first kappa shape index (κ1) is 27.6. The highest BCUT2D eigenvalue weighted by Gasteiger charge is 2.37. The van der Waals surface area contributed by atoms with Crippen LogP contribution in [0.3, 0.4) is 0 Å². The maximum atomic E-state index is 13.5. The lowest BCUT2D eigenvalue weighted by molar-refractivity contribution is -0.143. The van der Waals surface area contributed by atoms with Crippen LogP contribution in [0.2, 0.25) is 5.02 Å². The number of benzene rings is 2. The minimum absolute atomic E-state index is 0.0985. The van der Waals surface area contributed by atoms with Crippen molar-refractivity contribution >= 4 is 17.4 Å². The van der Waals surface area contributed by atoms with Crippen LogP contribution >= 0.6 is 11.6 Å². The number of aliphatic imine (C=N–C) groups is 1. The summed E-state index contributed by atoms with van der Waals surface area (Å²) < 4.78 is 82.1. The molecule has 0 saturated heterocycles. The van der Waals surface area contributed by atoms with E-state index >= 15 is 0 Å². The molecule has 5 rings (SSSR count). The second kappa shape index (κ2) is 10.6. The molecule has 1 atom stereocenters. The molecule has 0 radical (unpaired) electrons. The molecule has 6 nitrogen and oxygen atoms in total. The molecule has 40 heavy (non-hydrogen) atoms. The molecule has 1 unspecified atom stereocenters. The maximum absolute atomic E-state index is 13.5. The van der Waals surface area contributed by atoms with E-state index in [1.807, 2.05) is 30.0 Å². The van der Waals surface area contributed by atoms with Crippen molar-refractivity contribution in [2.45, 2.75) is 31.9 Å². The fraction of sp³-hybridized carbons (Fsp3) is 0.259. The molecule has 0 fully saturated rings. The van der Waals surface area contributed by atoms with Gasteiger partial charge in [-0.2, -0.15) is 26.3 Å². The van der Waals surface area contributed by atoms with Crippen molar-refractivity contribution in [2.75, 3.05) is 13.1 Å². The van der Waals surface area contributed by atoms with Gasteiger partial charge in [0, 0.05) is 29.5 Å². The number of hydrogen-bond donors (Lipinski definition) is 0. The number of pyridine rings is 1. The van der Waals surface area contributed by atoms with E-state index in [9.17, 15) is 26.3 Å². The Balaban J connectivity index is 1.59. The number of amidine groups is 1. The molecule has 0 aliphatic carbocycles. The Morgan fingerprint density at radius 3 is 2.20 bits per heavy atom. The highest BCUT2D eigenvalue weighted by molar-refractivity contribution is 6.31. The summed E-state index contributed by atoms with van der Waals surface area (Å²) in [5.41, 5.74) is -0.885. The predicted molar refractivity (Wildman–Crippen MR) is 137 cm³/mol. The molecule has 2 aromatic carbocycles. The minimum atomic E-state index is -4.97. The third-order valence-electron chi connectivity index (χ3n) is 6.58. The van der Waals surface area contributed by atoms with E-state index in [1.165, 1.54) is 17.1 Å². The molecule has 0 bridgehead atoms. The molecule has 0 amide bonds. The van der Waals surface area contributed by atoms with Crippen molar-refractivity contribution in [1.82, 2.24) is 24.9 Å². The van der Waals surface area contributed by atoms with Gasteiger partial charge in [0.2, 0.25) is 0 Å². The second-order valence-corrected chi connectivity index (χ2v) is 9.60. The van der Waals surface area contributed by atoms with Crippen LogP contribution in [0.25, 0.3) is 11.3 Å². The van der Waals surface area contributed by atoms with Crippen molar-refractivity contribution in [2.24, 2.45) is 4.99 Å².